The van der Waals surface area contributed by atoms with Crippen molar-refractivity contribution in [3.63, 3.8) is 0 Å². The summed E-state index contributed by atoms with van der Waals surface area (Å²) < 4.78 is 0. The van der Waals surface area contributed by atoms with Gasteiger partial charge in [-0.25, -0.2) is 0 Å². The molecule has 0 aliphatic carbocycles. The number of rotatable bonds is 4. The second-order valence-corrected chi connectivity index (χ2v) is 5.13. The van der Waals surface area contributed by atoms with E-state index < -0.39 is 0 Å². The highest BCUT2D eigenvalue weighted by Crippen LogP contribution is 2.27. The predicted molar refractivity (Wildman–Crippen MR) is 73.7 cm³/mol. The highest BCUT2D eigenvalue weighted by molar-refractivity contribution is 5.92. The first-order valence-corrected chi connectivity index (χ1v) is 6.83. The first-order valence-electron chi connectivity index (χ1n) is 6.83. The largest absolute Gasteiger partial charge is 0.366 e. The molecule has 0 radical (unpaired) electrons. The Balaban J connectivity index is 2.10. The number of hydrogen-bond acceptors (Lipinski definition) is 2. The van der Waals surface area contributed by atoms with Crippen LogP contribution < -0.4 is 5.73 Å². The van der Waals surface area contributed by atoms with Gasteiger partial charge in [0.05, 0.1) is 0 Å². The number of piperidine rings is 1. The topological polar surface area (TPSA) is 46.3 Å². The summed E-state index contributed by atoms with van der Waals surface area (Å²) in [4.78, 5) is 13.7. The molecule has 3 nitrogen and oxygen atoms in total. The maximum absolute atomic E-state index is 11.2. The van der Waals surface area contributed by atoms with Crippen LogP contribution in [0.5, 0.6) is 0 Å². The molecular formula is C15H22N2O. The summed E-state index contributed by atoms with van der Waals surface area (Å²) in [5.41, 5.74) is 7.22. The third kappa shape index (κ3) is 3.10. The van der Waals surface area contributed by atoms with E-state index in [4.69, 9.17) is 5.73 Å². The van der Waals surface area contributed by atoms with Crippen LogP contribution in [0.1, 0.15) is 48.0 Å². The fourth-order valence-electron chi connectivity index (χ4n) is 2.79. The van der Waals surface area contributed by atoms with Crippen LogP contribution in [-0.4, -0.2) is 30.4 Å². The molecule has 1 aliphatic rings. The Morgan fingerprint density at radius 2 is 2.33 bits per heavy atom. The Kier molecular flexibility index (Phi) is 4.37. The van der Waals surface area contributed by atoms with Gasteiger partial charge in [-0.3, -0.25) is 4.79 Å². The van der Waals surface area contributed by atoms with Crippen LogP contribution in [0, 0.1) is 0 Å². The quantitative estimate of drug-likeness (QED) is 0.886. The van der Waals surface area contributed by atoms with Crippen molar-refractivity contribution in [1.29, 1.82) is 0 Å². The standard InChI is InChI=1S/C15H22N2O/c1-2-8-17-9-4-7-14(11-17)12-5-3-6-13(10-12)15(16)18/h3,5-6,10,14H,2,4,7-9,11H2,1H3,(H2,16,18)/t14-/m1/s1. The molecule has 1 atom stereocenters. The van der Waals surface area contributed by atoms with Crippen LogP contribution in [0.15, 0.2) is 24.3 Å². The minimum absolute atomic E-state index is 0.335. The molecule has 1 fully saturated rings. The van der Waals surface area contributed by atoms with Gasteiger partial charge in [-0.05, 0) is 56.0 Å². The molecule has 1 aromatic carbocycles. The SMILES string of the molecule is CCCN1CCC[C@@H](c2cccc(C(N)=O)c2)C1. The molecule has 1 heterocycles. The van der Waals surface area contributed by atoms with Crippen molar-refractivity contribution in [2.75, 3.05) is 19.6 Å². The Hall–Kier alpha value is -1.35. The number of primary amides is 1. The van der Waals surface area contributed by atoms with E-state index in [1.54, 1.807) is 6.07 Å². The molecule has 2 rings (SSSR count). The van der Waals surface area contributed by atoms with Crippen LogP contribution >= 0.6 is 0 Å². The van der Waals surface area contributed by atoms with Gasteiger partial charge >= 0.3 is 0 Å². The molecule has 0 saturated carbocycles. The number of nitrogens with two attached hydrogens (primary N) is 1. The number of carbonyl (C=O) groups excluding carboxylic acids is 1. The van der Waals surface area contributed by atoms with Crippen LogP contribution in [0.2, 0.25) is 0 Å². The average molecular weight is 246 g/mol. The minimum Gasteiger partial charge on any atom is -0.366 e. The number of benzene rings is 1. The minimum atomic E-state index is -0.335. The monoisotopic (exact) mass is 246 g/mol. The lowest BCUT2D eigenvalue weighted by Crippen LogP contribution is -2.34. The van der Waals surface area contributed by atoms with E-state index >= 15 is 0 Å². The Morgan fingerprint density at radius 3 is 3.06 bits per heavy atom. The zero-order valence-corrected chi connectivity index (χ0v) is 11.1. The molecule has 0 bridgehead atoms. The Labute approximate surface area is 109 Å². The van der Waals surface area contributed by atoms with Crippen molar-refractivity contribution in [1.82, 2.24) is 4.90 Å². The van der Waals surface area contributed by atoms with Gasteiger partial charge in [-0.2, -0.15) is 0 Å². The van der Waals surface area contributed by atoms with Crippen molar-refractivity contribution in [2.45, 2.75) is 32.1 Å². The molecule has 0 aromatic heterocycles. The normalized spacial score (nSPS) is 20.8. The summed E-state index contributed by atoms with van der Waals surface area (Å²) in [5.74, 6) is 0.211. The van der Waals surface area contributed by atoms with E-state index in [0.29, 0.717) is 11.5 Å². The van der Waals surface area contributed by atoms with E-state index in [1.807, 2.05) is 12.1 Å². The zero-order chi connectivity index (χ0) is 13.0. The number of amides is 1. The zero-order valence-electron chi connectivity index (χ0n) is 11.1. The smallest absolute Gasteiger partial charge is 0.248 e. The molecule has 1 amide bonds. The van der Waals surface area contributed by atoms with Crippen molar-refractivity contribution in [2.24, 2.45) is 5.73 Å². The van der Waals surface area contributed by atoms with Gasteiger partial charge in [0.25, 0.3) is 0 Å². The van der Waals surface area contributed by atoms with Gasteiger partial charge in [0, 0.05) is 12.1 Å². The van der Waals surface area contributed by atoms with Crippen molar-refractivity contribution in [3.05, 3.63) is 35.4 Å². The first-order chi connectivity index (χ1) is 8.70. The van der Waals surface area contributed by atoms with Crippen molar-refractivity contribution < 1.29 is 4.79 Å². The summed E-state index contributed by atoms with van der Waals surface area (Å²) in [6.07, 6.45) is 3.65. The number of likely N-dealkylation sites (tertiary alicyclic amines) is 1. The summed E-state index contributed by atoms with van der Waals surface area (Å²) >= 11 is 0. The summed E-state index contributed by atoms with van der Waals surface area (Å²) in [5, 5.41) is 0. The molecule has 98 valence electrons. The van der Waals surface area contributed by atoms with Crippen LogP contribution in [0.4, 0.5) is 0 Å². The molecule has 0 unspecified atom stereocenters. The van der Waals surface area contributed by atoms with Crippen LogP contribution in [0.3, 0.4) is 0 Å². The number of nitrogens with zero attached hydrogens (tertiary/aromatic N) is 1. The maximum Gasteiger partial charge on any atom is 0.248 e. The van der Waals surface area contributed by atoms with E-state index in [0.717, 1.165) is 6.54 Å². The predicted octanol–water partition coefficient (Wildman–Crippen LogP) is 2.37. The Bertz CT molecular complexity index is 415. The lowest BCUT2D eigenvalue weighted by Gasteiger charge is -2.32. The summed E-state index contributed by atoms with van der Waals surface area (Å²) in [7, 11) is 0. The molecule has 1 aromatic rings. The third-order valence-electron chi connectivity index (χ3n) is 3.69. The van der Waals surface area contributed by atoms with E-state index in [2.05, 4.69) is 17.9 Å². The maximum atomic E-state index is 11.2. The third-order valence-corrected chi connectivity index (χ3v) is 3.69. The highest BCUT2D eigenvalue weighted by Gasteiger charge is 2.21. The summed E-state index contributed by atoms with van der Waals surface area (Å²) in [6.45, 7) is 5.71. The molecule has 1 saturated heterocycles. The number of hydrogen-bond donors (Lipinski definition) is 1. The molecule has 0 spiro atoms. The van der Waals surface area contributed by atoms with Gasteiger partial charge in [0.1, 0.15) is 0 Å². The second-order valence-electron chi connectivity index (χ2n) is 5.13. The van der Waals surface area contributed by atoms with Crippen molar-refractivity contribution >= 4 is 5.91 Å². The number of carbonyl (C=O) groups is 1. The lowest BCUT2D eigenvalue weighted by molar-refractivity contribution is 0.1000. The van der Waals surface area contributed by atoms with Crippen LogP contribution in [-0.2, 0) is 0 Å². The van der Waals surface area contributed by atoms with Gasteiger partial charge in [0.15, 0.2) is 0 Å². The molecule has 1 aliphatic heterocycles. The summed E-state index contributed by atoms with van der Waals surface area (Å²) in [6, 6.07) is 7.81. The lowest BCUT2D eigenvalue weighted by atomic mass is 9.89. The van der Waals surface area contributed by atoms with Gasteiger partial charge in [-0.15, -0.1) is 0 Å². The van der Waals surface area contributed by atoms with E-state index in [-0.39, 0.29) is 5.91 Å². The molecular weight excluding hydrogens is 224 g/mol. The van der Waals surface area contributed by atoms with Crippen molar-refractivity contribution in [3.8, 4) is 0 Å². The van der Waals surface area contributed by atoms with E-state index in [1.165, 1.54) is 37.9 Å². The molecule has 2 N–H and O–H groups in total. The van der Waals surface area contributed by atoms with E-state index in [9.17, 15) is 4.79 Å². The first kappa shape index (κ1) is 13.1. The van der Waals surface area contributed by atoms with Gasteiger partial charge < -0.3 is 10.6 Å². The molecule has 18 heavy (non-hydrogen) atoms. The fourth-order valence-corrected chi connectivity index (χ4v) is 2.79. The average Bonchev–Trinajstić information content (AvgIpc) is 2.39. The van der Waals surface area contributed by atoms with Gasteiger partial charge in [0.2, 0.25) is 5.91 Å². The van der Waals surface area contributed by atoms with Crippen LogP contribution in [0.25, 0.3) is 0 Å². The fraction of sp³-hybridized carbons (Fsp3) is 0.533. The molecule has 3 heteroatoms. The second kappa shape index (κ2) is 6.01. The highest BCUT2D eigenvalue weighted by atomic mass is 16.1. The van der Waals surface area contributed by atoms with Gasteiger partial charge in [-0.1, -0.05) is 19.1 Å². The Morgan fingerprint density at radius 1 is 1.50 bits per heavy atom.